The normalized spacial score (nSPS) is 19.4. The Morgan fingerprint density at radius 3 is 1.48 bits per heavy atom. The van der Waals surface area contributed by atoms with Gasteiger partial charge in [0.1, 0.15) is 0 Å². The van der Waals surface area contributed by atoms with E-state index in [0.717, 1.165) is 6.42 Å². The van der Waals surface area contributed by atoms with Crippen LogP contribution in [0.2, 0.25) is 0 Å². The maximum Gasteiger partial charge on any atom is 0.252 e. The lowest BCUT2D eigenvalue weighted by Crippen LogP contribution is -2.61. The first-order valence-electron chi connectivity index (χ1n) is 27.4. The van der Waals surface area contributed by atoms with Gasteiger partial charge in [0.05, 0.1) is 11.2 Å². The van der Waals surface area contributed by atoms with Crippen molar-refractivity contribution in [1.82, 2.24) is 0 Å². The Labute approximate surface area is 440 Å². The highest BCUT2D eigenvalue weighted by atomic mass is 15.3. The van der Waals surface area contributed by atoms with E-state index in [1.807, 2.05) is 0 Å². The fraction of sp³-hybridized carbons (Fsp3) is 0.391. The first kappa shape index (κ1) is 49.2. The lowest BCUT2D eigenvalue weighted by molar-refractivity contribution is 0.330. The molecule has 4 heteroatoms. The molecular weight excluding hydrogens is 882 g/mol. The third kappa shape index (κ3) is 7.73. The zero-order valence-corrected chi connectivity index (χ0v) is 47.3. The van der Waals surface area contributed by atoms with Gasteiger partial charge in [-0.05, 0) is 163 Å². The molecule has 3 heterocycles. The lowest BCUT2D eigenvalue weighted by Gasteiger charge is -2.47. The van der Waals surface area contributed by atoms with E-state index in [9.17, 15) is 0 Å². The van der Waals surface area contributed by atoms with Crippen molar-refractivity contribution < 1.29 is 0 Å². The number of benzene rings is 7. The standard InChI is InChI=1S/C69H80BN3/c1-63(2,3)45-24-29-50(30-25-45)71-59-43-51(73-57-35-28-47(65(7,8)9)39-53(57)68(16)36-21-37-69(68,73)17)31-33-55(59)70-54-32-26-48(66(10,11)12)40-58(54)72(61-42-49(67(13,14)15)41-60(71)62(61)70)56-34-27-46(64(4,5)6)38-52(56)44-22-19-18-20-23-44/h18-20,22-35,38-43H,21,36-37H2,1-17H3. The third-order valence-electron chi connectivity index (χ3n) is 17.9. The highest BCUT2D eigenvalue weighted by molar-refractivity contribution is 7.00. The van der Waals surface area contributed by atoms with Gasteiger partial charge in [-0.3, -0.25) is 0 Å². The van der Waals surface area contributed by atoms with Crippen molar-refractivity contribution in [3.05, 3.63) is 173 Å². The Kier molecular flexibility index (Phi) is 11.0. The van der Waals surface area contributed by atoms with Crippen LogP contribution in [0.25, 0.3) is 11.1 Å². The molecule has 0 radical (unpaired) electrons. The Morgan fingerprint density at radius 1 is 0.397 bits per heavy atom. The molecule has 0 spiro atoms. The van der Waals surface area contributed by atoms with Gasteiger partial charge in [-0.25, -0.2) is 0 Å². The number of hydrogen-bond acceptors (Lipinski definition) is 3. The van der Waals surface area contributed by atoms with Crippen molar-refractivity contribution in [1.29, 1.82) is 0 Å². The van der Waals surface area contributed by atoms with Gasteiger partial charge >= 0.3 is 0 Å². The largest absolute Gasteiger partial charge is 0.334 e. The number of anilines is 8. The van der Waals surface area contributed by atoms with E-state index in [1.165, 1.54) is 119 Å². The van der Waals surface area contributed by atoms with Crippen LogP contribution in [-0.4, -0.2) is 12.3 Å². The minimum Gasteiger partial charge on any atom is -0.334 e. The van der Waals surface area contributed by atoms with Crippen molar-refractivity contribution in [2.45, 2.75) is 175 Å². The maximum atomic E-state index is 2.77. The van der Waals surface area contributed by atoms with Crippen LogP contribution in [0.3, 0.4) is 0 Å². The molecule has 0 aromatic heterocycles. The molecule has 1 saturated carbocycles. The molecule has 0 bridgehead atoms. The number of nitrogens with zero attached hydrogens (tertiary/aromatic N) is 3. The average Bonchev–Trinajstić information content (AvgIpc) is 3.73. The molecule has 374 valence electrons. The highest BCUT2D eigenvalue weighted by Crippen LogP contribution is 2.63. The number of fused-ring (bicyclic) bond motifs is 7. The van der Waals surface area contributed by atoms with Crippen LogP contribution >= 0.6 is 0 Å². The zero-order valence-electron chi connectivity index (χ0n) is 47.3. The van der Waals surface area contributed by atoms with Crippen LogP contribution in [0, 0.1) is 0 Å². The summed E-state index contributed by atoms with van der Waals surface area (Å²) in [6, 6.07) is 55.5. The summed E-state index contributed by atoms with van der Waals surface area (Å²) in [7, 11) is 0. The molecule has 3 nitrogen and oxygen atoms in total. The molecule has 11 rings (SSSR count). The molecule has 0 N–H and O–H groups in total. The molecule has 1 aliphatic carbocycles. The van der Waals surface area contributed by atoms with Gasteiger partial charge in [0.25, 0.3) is 6.71 Å². The summed E-state index contributed by atoms with van der Waals surface area (Å²) in [5.41, 5.74) is 24.7. The van der Waals surface area contributed by atoms with E-state index in [1.54, 1.807) is 0 Å². The molecule has 2 unspecified atom stereocenters. The minimum atomic E-state index is -0.144. The van der Waals surface area contributed by atoms with Crippen LogP contribution in [0.5, 0.6) is 0 Å². The van der Waals surface area contributed by atoms with Gasteiger partial charge in [-0.1, -0.05) is 196 Å². The predicted molar refractivity (Wildman–Crippen MR) is 318 cm³/mol. The van der Waals surface area contributed by atoms with Gasteiger partial charge in [0.15, 0.2) is 0 Å². The van der Waals surface area contributed by atoms with Crippen molar-refractivity contribution >= 4 is 68.6 Å². The summed E-state index contributed by atoms with van der Waals surface area (Å²) in [5.74, 6) is 0. The van der Waals surface area contributed by atoms with E-state index in [4.69, 9.17) is 0 Å². The van der Waals surface area contributed by atoms with E-state index in [-0.39, 0.29) is 44.7 Å². The molecule has 3 aliphatic heterocycles. The Hall–Kier alpha value is -6.00. The number of rotatable bonds is 4. The van der Waals surface area contributed by atoms with Crippen molar-refractivity contribution in [3.63, 3.8) is 0 Å². The first-order valence-corrected chi connectivity index (χ1v) is 27.4. The third-order valence-corrected chi connectivity index (χ3v) is 17.9. The van der Waals surface area contributed by atoms with Gasteiger partial charge in [-0.2, -0.15) is 0 Å². The summed E-state index contributed by atoms with van der Waals surface area (Å²) < 4.78 is 0. The monoisotopic (exact) mass is 962 g/mol. The van der Waals surface area contributed by atoms with Crippen LogP contribution < -0.4 is 31.1 Å². The van der Waals surface area contributed by atoms with Gasteiger partial charge in [-0.15, -0.1) is 0 Å². The molecule has 73 heavy (non-hydrogen) atoms. The van der Waals surface area contributed by atoms with E-state index >= 15 is 0 Å². The van der Waals surface area contributed by atoms with Crippen LogP contribution in [0.4, 0.5) is 45.5 Å². The van der Waals surface area contributed by atoms with Crippen LogP contribution in [-0.2, 0) is 32.5 Å². The lowest BCUT2D eigenvalue weighted by atomic mass is 9.33. The first-order chi connectivity index (χ1) is 34.1. The van der Waals surface area contributed by atoms with Gasteiger partial charge in [0.2, 0.25) is 0 Å². The second-order valence-corrected chi connectivity index (χ2v) is 28.0. The second-order valence-electron chi connectivity index (χ2n) is 28.0. The SMILES string of the molecule is CC(C)(C)c1ccc(N2c3cc(N4c5ccc(C(C)(C)C)cc5C5(C)CCCC45C)ccc3B3c4ccc(C(C)(C)C)cc4N(c4ccc(C(C)(C)C)cc4-c4ccccc4)c4cc(C(C)(C)C)cc2c43)cc1. The molecule has 1 fully saturated rings. The summed E-state index contributed by atoms with van der Waals surface area (Å²) in [6.07, 6.45) is 3.58. The molecular formula is C69H80BN3. The van der Waals surface area contributed by atoms with Crippen molar-refractivity contribution in [3.8, 4) is 11.1 Å². The Morgan fingerprint density at radius 2 is 0.877 bits per heavy atom. The van der Waals surface area contributed by atoms with Crippen LogP contribution in [0.15, 0.2) is 140 Å². The quantitative estimate of drug-likeness (QED) is 0.163. The second kappa shape index (κ2) is 16.3. The highest BCUT2D eigenvalue weighted by Gasteiger charge is 2.60. The molecule has 0 saturated heterocycles. The fourth-order valence-electron chi connectivity index (χ4n) is 13.2. The molecule has 4 aliphatic rings. The fourth-order valence-corrected chi connectivity index (χ4v) is 13.2. The van der Waals surface area contributed by atoms with Crippen molar-refractivity contribution in [2.75, 3.05) is 14.7 Å². The van der Waals surface area contributed by atoms with E-state index < -0.39 is 0 Å². The topological polar surface area (TPSA) is 9.72 Å². The molecule has 0 amide bonds. The van der Waals surface area contributed by atoms with Gasteiger partial charge in [0, 0.05) is 50.8 Å². The zero-order chi connectivity index (χ0) is 52.2. The summed E-state index contributed by atoms with van der Waals surface area (Å²) in [5, 5.41) is 0. The van der Waals surface area contributed by atoms with Gasteiger partial charge < -0.3 is 14.7 Å². The van der Waals surface area contributed by atoms with E-state index in [0.29, 0.717) is 0 Å². The Bertz CT molecular complexity index is 3330. The summed E-state index contributed by atoms with van der Waals surface area (Å²) in [6.45, 7) is 40.4. The molecule has 2 atom stereocenters. The summed E-state index contributed by atoms with van der Waals surface area (Å²) in [4.78, 5) is 8.09. The molecule has 7 aromatic carbocycles. The number of hydrogen-bond donors (Lipinski definition) is 0. The van der Waals surface area contributed by atoms with Crippen LogP contribution in [0.1, 0.15) is 170 Å². The summed E-state index contributed by atoms with van der Waals surface area (Å²) >= 11 is 0. The van der Waals surface area contributed by atoms with E-state index in [2.05, 4.69) is 272 Å². The maximum absolute atomic E-state index is 2.77. The smallest absolute Gasteiger partial charge is 0.252 e. The minimum absolute atomic E-state index is 0.00463. The predicted octanol–water partition coefficient (Wildman–Crippen LogP) is 17.3. The average molecular weight is 962 g/mol. The molecule has 7 aromatic rings. The Balaban J connectivity index is 1.23. The van der Waals surface area contributed by atoms with Crippen molar-refractivity contribution in [2.24, 2.45) is 0 Å².